The maximum Gasteiger partial charge on any atom is 0.573 e. The molecule has 0 bridgehead atoms. The van der Waals surface area contributed by atoms with Crippen LogP contribution in [-0.4, -0.2) is 30.3 Å². The average Bonchev–Trinajstić information content (AvgIpc) is 3.40. The fourth-order valence-electron chi connectivity index (χ4n) is 5.29. The summed E-state index contributed by atoms with van der Waals surface area (Å²) in [5.74, 6) is 0.269. The molecule has 3 aromatic rings. The SMILES string of the molecule is Cc1oncc1-c1ccc(OC(F)(F)F)cc1[C@@H]1COC2(CCCNC2c2ccccc2)C1. The summed E-state index contributed by atoms with van der Waals surface area (Å²) in [6.07, 6.45) is -0.613. The molecule has 174 valence electrons. The standard InChI is InChI=1S/C25H25F3N2O3/c1-16-22(14-30-33-16)20-9-8-19(32-25(26,27)28)12-21(20)18-13-24(31-15-18)10-5-11-29-23(24)17-6-3-2-4-7-17/h2-4,6-9,12,14,18,23,29H,5,10-11,13,15H2,1H3/t18-,23?,24?/m0/s1. The van der Waals surface area contributed by atoms with Gasteiger partial charge in [0.25, 0.3) is 0 Å². The van der Waals surface area contributed by atoms with Crippen LogP contribution >= 0.6 is 0 Å². The molecule has 33 heavy (non-hydrogen) atoms. The molecule has 5 nitrogen and oxygen atoms in total. The first-order chi connectivity index (χ1) is 15.8. The van der Waals surface area contributed by atoms with Gasteiger partial charge >= 0.3 is 6.36 Å². The molecule has 2 unspecified atom stereocenters. The van der Waals surface area contributed by atoms with Crippen LogP contribution in [0.5, 0.6) is 5.75 Å². The molecule has 3 heterocycles. The highest BCUT2D eigenvalue weighted by molar-refractivity contribution is 5.70. The third-order valence-corrected chi connectivity index (χ3v) is 6.69. The van der Waals surface area contributed by atoms with Gasteiger partial charge in [0.05, 0.1) is 24.4 Å². The van der Waals surface area contributed by atoms with Crippen molar-refractivity contribution in [3.63, 3.8) is 0 Å². The van der Waals surface area contributed by atoms with Gasteiger partial charge in [0, 0.05) is 11.5 Å². The minimum atomic E-state index is -4.76. The number of piperidine rings is 1. The van der Waals surface area contributed by atoms with Crippen LogP contribution < -0.4 is 10.1 Å². The molecule has 1 N–H and O–H groups in total. The Morgan fingerprint density at radius 3 is 2.67 bits per heavy atom. The lowest BCUT2D eigenvalue weighted by atomic mass is 9.76. The lowest BCUT2D eigenvalue weighted by Crippen LogP contribution is -2.48. The summed E-state index contributed by atoms with van der Waals surface area (Å²) in [5.41, 5.74) is 3.02. The predicted molar refractivity (Wildman–Crippen MR) is 116 cm³/mol. The topological polar surface area (TPSA) is 56.5 Å². The van der Waals surface area contributed by atoms with Crippen LogP contribution in [0.15, 0.2) is 59.3 Å². The molecular formula is C25H25F3N2O3. The first kappa shape index (κ1) is 22.0. The van der Waals surface area contributed by atoms with E-state index in [1.54, 1.807) is 19.2 Å². The summed E-state index contributed by atoms with van der Waals surface area (Å²) in [7, 11) is 0. The Bertz CT molecular complexity index is 1120. The van der Waals surface area contributed by atoms with Crippen LogP contribution in [0.25, 0.3) is 11.1 Å². The van der Waals surface area contributed by atoms with E-state index in [9.17, 15) is 13.2 Å². The zero-order chi connectivity index (χ0) is 23.1. The average molecular weight is 458 g/mol. The van der Waals surface area contributed by atoms with E-state index < -0.39 is 12.0 Å². The van der Waals surface area contributed by atoms with Crippen molar-refractivity contribution < 1.29 is 27.2 Å². The number of nitrogens with one attached hydrogen (secondary N) is 1. The number of halogens is 3. The first-order valence-electron chi connectivity index (χ1n) is 11.1. The number of aryl methyl sites for hydroxylation is 1. The van der Waals surface area contributed by atoms with E-state index in [0.717, 1.165) is 41.6 Å². The molecule has 0 saturated carbocycles. The van der Waals surface area contributed by atoms with E-state index in [1.807, 2.05) is 18.2 Å². The van der Waals surface area contributed by atoms with Gasteiger partial charge in [-0.25, -0.2) is 0 Å². The van der Waals surface area contributed by atoms with E-state index in [4.69, 9.17) is 9.26 Å². The van der Waals surface area contributed by atoms with Crippen molar-refractivity contribution in [1.82, 2.24) is 10.5 Å². The molecule has 2 fully saturated rings. The number of ether oxygens (including phenoxy) is 2. The van der Waals surface area contributed by atoms with Gasteiger partial charge in [0.2, 0.25) is 0 Å². The minimum absolute atomic E-state index is 0.0211. The molecule has 0 aliphatic carbocycles. The summed E-state index contributed by atoms with van der Waals surface area (Å²) >= 11 is 0. The van der Waals surface area contributed by atoms with Crippen LogP contribution in [0.1, 0.15) is 48.1 Å². The molecule has 0 amide bonds. The van der Waals surface area contributed by atoms with Gasteiger partial charge in [-0.15, -0.1) is 13.2 Å². The summed E-state index contributed by atoms with van der Waals surface area (Å²) in [6.45, 7) is 3.10. The number of aromatic nitrogens is 1. The van der Waals surface area contributed by atoms with E-state index in [2.05, 4.69) is 27.3 Å². The summed E-state index contributed by atoms with van der Waals surface area (Å²) < 4.78 is 54.8. The summed E-state index contributed by atoms with van der Waals surface area (Å²) in [6, 6.07) is 14.7. The Kier molecular flexibility index (Phi) is 5.66. The number of rotatable bonds is 4. The van der Waals surface area contributed by atoms with Gasteiger partial charge in [0.15, 0.2) is 0 Å². The molecule has 2 saturated heterocycles. The van der Waals surface area contributed by atoms with E-state index in [0.29, 0.717) is 18.8 Å². The van der Waals surface area contributed by atoms with Crippen molar-refractivity contribution in [2.75, 3.05) is 13.2 Å². The highest BCUT2D eigenvalue weighted by Gasteiger charge is 2.49. The second-order valence-electron chi connectivity index (χ2n) is 8.77. The van der Waals surface area contributed by atoms with Crippen LogP contribution in [0.2, 0.25) is 0 Å². The molecule has 2 aliphatic rings. The smallest absolute Gasteiger partial charge is 0.406 e. The largest absolute Gasteiger partial charge is 0.573 e. The normalized spacial score (nSPS) is 25.5. The minimum Gasteiger partial charge on any atom is -0.406 e. The number of nitrogens with zero attached hydrogens (tertiary/aromatic N) is 1. The van der Waals surface area contributed by atoms with Gasteiger partial charge in [-0.2, -0.15) is 0 Å². The highest BCUT2D eigenvalue weighted by Crippen LogP contribution is 2.50. The Morgan fingerprint density at radius 2 is 1.94 bits per heavy atom. The molecule has 3 atom stereocenters. The molecule has 8 heteroatoms. The lowest BCUT2D eigenvalue weighted by molar-refractivity contribution is -0.274. The zero-order valence-corrected chi connectivity index (χ0v) is 18.2. The van der Waals surface area contributed by atoms with E-state index in [1.165, 1.54) is 12.1 Å². The highest BCUT2D eigenvalue weighted by atomic mass is 19.4. The van der Waals surface area contributed by atoms with Crippen molar-refractivity contribution >= 4 is 0 Å². The maximum absolute atomic E-state index is 12.9. The van der Waals surface area contributed by atoms with Crippen molar-refractivity contribution in [1.29, 1.82) is 0 Å². The maximum atomic E-state index is 12.9. The molecule has 0 radical (unpaired) electrons. The lowest BCUT2D eigenvalue weighted by Gasteiger charge is -2.41. The van der Waals surface area contributed by atoms with E-state index in [-0.39, 0.29) is 17.7 Å². The van der Waals surface area contributed by atoms with Gasteiger partial charge in [0.1, 0.15) is 11.5 Å². The van der Waals surface area contributed by atoms with Crippen molar-refractivity contribution in [2.45, 2.75) is 50.1 Å². The Morgan fingerprint density at radius 1 is 1.12 bits per heavy atom. The molecular weight excluding hydrogens is 433 g/mol. The Hall–Kier alpha value is -2.84. The Labute approximate surface area is 189 Å². The second-order valence-corrected chi connectivity index (χ2v) is 8.77. The van der Waals surface area contributed by atoms with Gasteiger partial charge in [-0.05, 0) is 61.6 Å². The quantitative estimate of drug-likeness (QED) is 0.526. The number of alkyl halides is 3. The first-order valence-corrected chi connectivity index (χ1v) is 11.1. The fraction of sp³-hybridized carbons (Fsp3) is 0.400. The molecule has 1 aromatic heterocycles. The van der Waals surface area contributed by atoms with Crippen LogP contribution in [0, 0.1) is 6.92 Å². The van der Waals surface area contributed by atoms with Gasteiger partial charge in [-0.1, -0.05) is 41.6 Å². The third kappa shape index (κ3) is 4.37. The molecule has 2 aromatic carbocycles. The molecule has 5 rings (SSSR count). The fourth-order valence-corrected chi connectivity index (χ4v) is 5.29. The van der Waals surface area contributed by atoms with Crippen LogP contribution in [0.4, 0.5) is 13.2 Å². The van der Waals surface area contributed by atoms with Gasteiger partial charge in [-0.3, -0.25) is 0 Å². The van der Waals surface area contributed by atoms with Crippen LogP contribution in [-0.2, 0) is 4.74 Å². The van der Waals surface area contributed by atoms with Gasteiger partial charge < -0.3 is 19.3 Å². The zero-order valence-electron chi connectivity index (χ0n) is 18.2. The summed E-state index contributed by atoms with van der Waals surface area (Å²) in [5, 5.41) is 7.47. The van der Waals surface area contributed by atoms with Crippen molar-refractivity contribution in [2.24, 2.45) is 0 Å². The van der Waals surface area contributed by atoms with E-state index >= 15 is 0 Å². The Balaban J connectivity index is 1.52. The molecule has 2 aliphatic heterocycles. The van der Waals surface area contributed by atoms with Crippen LogP contribution in [0.3, 0.4) is 0 Å². The summed E-state index contributed by atoms with van der Waals surface area (Å²) in [4.78, 5) is 0. The number of hydrogen-bond donors (Lipinski definition) is 1. The van der Waals surface area contributed by atoms with Crippen molar-refractivity contribution in [3.8, 4) is 16.9 Å². The number of benzene rings is 2. The van der Waals surface area contributed by atoms with Crippen molar-refractivity contribution in [3.05, 3.63) is 71.6 Å². The second kappa shape index (κ2) is 8.50. The molecule has 1 spiro atoms. The monoisotopic (exact) mass is 458 g/mol. The predicted octanol–water partition coefficient (Wildman–Crippen LogP) is 5.92. The third-order valence-electron chi connectivity index (χ3n) is 6.69. The number of hydrogen-bond acceptors (Lipinski definition) is 5.